The third-order valence-corrected chi connectivity index (χ3v) is 3.57. The summed E-state index contributed by atoms with van der Waals surface area (Å²) in [6.07, 6.45) is 7.75. The van der Waals surface area contributed by atoms with Crippen molar-refractivity contribution in [3.63, 3.8) is 0 Å². The Morgan fingerprint density at radius 1 is 1.32 bits per heavy atom. The topological polar surface area (TPSA) is 48.7 Å². The molecule has 2 rings (SSSR count). The normalized spacial score (nSPS) is 17.1. The highest BCUT2D eigenvalue weighted by Crippen LogP contribution is 2.14. The van der Waals surface area contributed by atoms with E-state index in [-0.39, 0.29) is 5.75 Å². The van der Waals surface area contributed by atoms with E-state index in [0.717, 1.165) is 25.1 Å². The Kier molecular flexibility index (Phi) is 5.33. The van der Waals surface area contributed by atoms with Gasteiger partial charge in [0.25, 0.3) is 0 Å². The van der Waals surface area contributed by atoms with Gasteiger partial charge in [-0.15, -0.1) is 0 Å². The number of hydrogen-bond donors (Lipinski definition) is 1. The van der Waals surface area contributed by atoms with Crippen LogP contribution in [-0.4, -0.2) is 47.9 Å². The van der Waals surface area contributed by atoms with Crippen molar-refractivity contribution in [3.8, 4) is 5.75 Å². The Morgan fingerprint density at radius 2 is 2.11 bits per heavy atom. The van der Waals surface area contributed by atoms with Gasteiger partial charge in [-0.1, -0.05) is 6.42 Å². The number of aromatic nitrogens is 1. The third kappa shape index (κ3) is 4.31. The highest BCUT2D eigenvalue weighted by Gasteiger charge is 2.09. The van der Waals surface area contributed by atoms with E-state index in [1.54, 1.807) is 19.3 Å². The van der Waals surface area contributed by atoms with Crippen LogP contribution >= 0.6 is 0 Å². The summed E-state index contributed by atoms with van der Waals surface area (Å²) in [5.74, 6) is 0.199. The van der Waals surface area contributed by atoms with Crippen LogP contribution in [-0.2, 0) is 6.42 Å². The molecule has 0 bridgehead atoms. The quantitative estimate of drug-likeness (QED) is 0.827. The smallest absolute Gasteiger partial charge is 0.142 e. The van der Waals surface area contributed by atoms with Crippen LogP contribution in [0.25, 0.3) is 0 Å². The van der Waals surface area contributed by atoms with Crippen molar-refractivity contribution in [2.24, 2.45) is 4.99 Å². The summed E-state index contributed by atoms with van der Waals surface area (Å²) >= 11 is 0. The van der Waals surface area contributed by atoms with Crippen molar-refractivity contribution in [2.75, 3.05) is 26.7 Å². The van der Waals surface area contributed by atoms with Gasteiger partial charge >= 0.3 is 0 Å². The van der Waals surface area contributed by atoms with Crippen molar-refractivity contribution in [1.82, 2.24) is 9.88 Å². The second-order valence-corrected chi connectivity index (χ2v) is 5.10. The number of pyridine rings is 1. The van der Waals surface area contributed by atoms with Gasteiger partial charge < -0.3 is 10.0 Å². The molecule has 0 spiro atoms. The van der Waals surface area contributed by atoms with Gasteiger partial charge in [0, 0.05) is 12.7 Å². The molecule has 1 aromatic rings. The summed E-state index contributed by atoms with van der Waals surface area (Å²) in [5.41, 5.74) is 1.60. The molecule has 1 aliphatic heterocycles. The van der Waals surface area contributed by atoms with Crippen LogP contribution in [0.15, 0.2) is 17.1 Å². The van der Waals surface area contributed by atoms with Gasteiger partial charge in [-0.05, 0) is 57.5 Å². The van der Waals surface area contributed by atoms with Crippen LogP contribution < -0.4 is 0 Å². The fraction of sp³-hybridized carbons (Fsp3) is 0.600. The molecule has 19 heavy (non-hydrogen) atoms. The van der Waals surface area contributed by atoms with Crippen LogP contribution in [0.3, 0.4) is 0 Å². The highest BCUT2D eigenvalue weighted by atomic mass is 16.3. The van der Waals surface area contributed by atoms with Crippen molar-refractivity contribution >= 4 is 6.21 Å². The summed E-state index contributed by atoms with van der Waals surface area (Å²) in [5, 5.41) is 9.63. The summed E-state index contributed by atoms with van der Waals surface area (Å²) in [4.78, 5) is 10.9. The zero-order valence-corrected chi connectivity index (χ0v) is 11.7. The second-order valence-electron chi connectivity index (χ2n) is 5.10. The Bertz CT molecular complexity index is 425. The minimum atomic E-state index is 0.199. The monoisotopic (exact) mass is 261 g/mol. The van der Waals surface area contributed by atoms with Crippen LogP contribution in [0.1, 0.15) is 37.1 Å². The van der Waals surface area contributed by atoms with E-state index in [9.17, 15) is 5.11 Å². The second kappa shape index (κ2) is 7.24. The lowest BCUT2D eigenvalue weighted by molar-refractivity contribution is 0.226. The van der Waals surface area contributed by atoms with Crippen LogP contribution in [0, 0.1) is 0 Å². The third-order valence-electron chi connectivity index (χ3n) is 3.57. The lowest BCUT2D eigenvalue weighted by atomic mass is 10.1. The van der Waals surface area contributed by atoms with E-state index < -0.39 is 0 Å². The Morgan fingerprint density at radius 3 is 2.84 bits per heavy atom. The van der Waals surface area contributed by atoms with Crippen molar-refractivity contribution in [3.05, 3.63) is 23.5 Å². The molecule has 0 atom stereocenters. The minimum absolute atomic E-state index is 0.199. The van der Waals surface area contributed by atoms with Gasteiger partial charge in [0.15, 0.2) is 0 Å². The number of nitrogens with zero attached hydrogens (tertiary/aromatic N) is 3. The number of likely N-dealkylation sites (tertiary alicyclic amines) is 1. The zero-order chi connectivity index (χ0) is 13.5. The molecule has 1 saturated heterocycles. The van der Waals surface area contributed by atoms with E-state index in [4.69, 9.17) is 0 Å². The number of hydrogen-bond acceptors (Lipinski definition) is 4. The van der Waals surface area contributed by atoms with Gasteiger partial charge in [0.2, 0.25) is 0 Å². The zero-order valence-electron chi connectivity index (χ0n) is 11.7. The average Bonchev–Trinajstić information content (AvgIpc) is 2.44. The summed E-state index contributed by atoms with van der Waals surface area (Å²) < 4.78 is 0. The van der Waals surface area contributed by atoms with E-state index in [2.05, 4.69) is 14.9 Å². The van der Waals surface area contributed by atoms with Crippen molar-refractivity contribution in [1.29, 1.82) is 0 Å². The summed E-state index contributed by atoms with van der Waals surface area (Å²) in [6.45, 7) is 3.65. The summed E-state index contributed by atoms with van der Waals surface area (Å²) in [6, 6.07) is 3.61. The first-order chi connectivity index (χ1) is 9.29. The molecule has 1 aromatic heterocycles. The van der Waals surface area contributed by atoms with Crippen LogP contribution in [0.5, 0.6) is 5.75 Å². The molecular weight excluding hydrogens is 238 g/mol. The van der Waals surface area contributed by atoms with Crippen LogP contribution in [0.4, 0.5) is 0 Å². The van der Waals surface area contributed by atoms with Gasteiger partial charge in [-0.25, -0.2) is 4.98 Å². The minimum Gasteiger partial charge on any atom is -0.506 e. The predicted molar refractivity (Wildman–Crippen MR) is 78.0 cm³/mol. The SMILES string of the molecule is C/N=C/c1nc(CCCN2CCCCC2)ccc1O. The maximum absolute atomic E-state index is 9.63. The van der Waals surface area contributed by atoms with E-state index in [0.29, 0.717) is 5.69 Å². The van der Waals surface area contributed by atoms with Gasteiger partial charge in [-0.3, -0.25) is 4.99 Å². The first-order valence-electron chi connectivity index (χ1n) is 7.13. The molecule has 0 aliphatic carbocycles. The molecule has 2 heterocycles. The molecule has 1 aliphatic rings. The molecule has 4 heteroatoms. The molecule has 0 saturated carbocycles. The van der Waals surface area contributed by atoms with Crippen molar-refractivity contribution < 1.29 is 5.11 Å². The van der Waals surface area contributed by atoms with E-state index in [1.807, 2.05) is 6.07 Å². The van der Waals surface area contributed by atoms with Crippen LogP contribution in [0.2, 0.25) is 0 Å². The highest BCUT2D eigenvalue weighted by molar-refractivity contribution is 5.80. The lowest BCUT2D eigenvalue weighted by Gasteiger charge is -2.26. The molecule has 104 valence electrons. The largest absolute Gasteiger partial charge is 0.506 e. The fourth-order valence-corrected chi connectivity index (χ4v) is 2.53. The molecule has 0 radical (unpaired) electrons. The number of aromatic hydroxyl groups is 1. The average molecular weight is 261 g/mol. The number of rotatable bonds is 5. The number of aliphatic imine (C=N–C) groups is 1. The molecule has 0 unspecified atom stereocenters. The molecule has 1 fully saturated rings. The predicted octanol–water partition coefficient (Wildman–Crippen LogP) is 2.25. The maximum atomic E-state index is 9.63. The molecule has 1 N–H and O–H groups in total. The van der Waals surface area contributed by atoms with Gasteiger partial charge in [0.05, 0.1) is 6.21 Å². The van der Waals surface area contributed by atoms with E-state index in [1.165, 1.54) is 32.4 Å². The number of aryl methyl sites for hydroxylation is 1. The van der Waals surface area contributed by atoms with Gasteiger partial charge in [0.1, 0.15) is 11.4 Å². The molecule has 4 nitrogen and oxygen atoms in total. The van der Waals surface area contributed by atoms with Crippen molar-refractivity contribution in [2.45, 2.75) is 32.1 Å². The first-order valence-corrected chi connectivity index (χ1v) is 7.13. The fourth-order valence-electron chi connectivity index (χ4n) is 2.53. The summed E-state index contributed by atoms with van der Waals surface area (Å²) in [7, 11) is 1.68. The number of piperidine rings is 1. The molecular formula is C15H23N3O. The standard InChI is InChI=1S/C15H23N3O/c1-16-12-14-15(19)8-7-13(17-14)6-5-11-18-9-3-2-4-10-18/h7-8,12,19H,2-6,9-11H2,1H3/b16-12+. The molecule has 0 aromatic carbocycles. The Hall–Kier alpha value is -1.42. The van der Waals surface area contributed by atoms with Gasteiger partial charge in [-0.2, -0.15) is 0 Å². The Balaban J connectivity index is 1.83. The maximum Gasteiger partial charge on any atom is 0.142 e. The Labute approximate surface area is 115 Å². The molecule has 0 amide bonds. The van der Waals surface area contributed by atoms with E-state index >= 15 is 0 Å². The lowest BCUT2D eigenvalue weighted by Crippen LogP contribution is -2.30. The first kappa shape index (κ1) is 14.0.